The maximum atomic E-state index is 12.3. The number of carbonyl (C=O) groups is 1. The van der Waals surface area contributed by atoms with Crippen LogP contribution in [0.1, 0.15) is 19.4 Å². The highest BCUT2D eigenvalue weighted by Gasteiger charge is 2.19. The molecule has 1 heterocycles. The van der Waals surface area contributed by atoms with Crippen molar-refractivity contribution in [3.05, 3.63) is 48.0 Å². The lowest BCUT2D eigenvalue weighted by Crippen LogP contribution is -2.15. The number of sulfone groups is 1. The Morgan fingerprint density at radius 2 is 1.69 bits per heavy atom. The third-order valence-corrected chi connectivity index (χ3v) is 8.19. The van der Waals surface area contributed by atoms with E-state index in [4.69, 9.17) is 5.14 Å². The number of nitrogens with one attached hydrogen (secondary N) is 1. The average molecular weight is 454 g/mol. The van der Waals surface area contributed by atoms with Crippen LogP contribution < -0.4 is 10.5 Å². The first-order valence-corrected chi connectivity index (χ1v) is 12.4. The smallest absolute Gasteiger partial charge is 0.238 e. The molecule has 29 heavy (non-hydrogen) atoms. The standard InChI is InChI=1S/C18H19N3O5S3/c1-11(2)28(23,24)13-5-3-12(4-6-13)9-17(22)21-18-20-15-8-7-14(29(19,25)26)10-16(15)27-18/h3-8,10-11H,9H2,1-2H3,(H2,19,25,26)(H,20,21,22). The first-order valence-electron chi connectivity index (χ1n) is 8.53. The van der Waals surface area contributed by atoms with Crippen molar-refractivity contribution in [3.8, 4) is 0 Å². The molecule has 11 heteroatoms. The minimum Gasteiger partial charge on any atom is -0.302 e. The molecule has 0 atom stereocenters. The predicted molar refractivity (Wildman–Crippen MR) is 112 cm³/mol. The van der Waals surface area contributed by atoms with E-state index in [1.807, 2.05) is 0 Å². The first kappa shape index (κ1) is 21.4. The molecule has 0 bridgehead atoms. The fraction of sp³-hybridized carbons (Fsp3) is 0.222. The van der Waals surface area contributed by atoms with Crippen LogP contribution in [-0.2, 0) is 31.1 Å². The quantitative estimate of drug-likeness (QED) is 0.588. The van der Waals surface area contributed by atoms with Crippen molar-refractivity contribution < 1.29 is 21.6 Å². The van der Waals surface area contributed by atoms with E-state index in [1.54, 1.807) is 26.0 Å². The molecule has 0 aliphatic carbocycles. The molecule has 1 aromatic heterocycles. The van der Waals surface area contributed by atoms with E-state index in [2.05, 4.69) is 10.3 Å². The highest BCUT2D eigenvalue weighted by atomic mass is 32.2. The number of hydrogen-bond donors (Lipinski definition) is 2. The number of amides is 1. The minimum absolute atomic E-state index is 0.0250. The number of nitrogens with zero attached hydrogens (tertiary/aromatic N) is 1. The highest BCUT2D eigenvalue weighted by Crippen LogP contribution is 2.28. The van der Waals surface area contributed by atoms with Crippen LogP contribution in [0.25, 0.3) is 10.2 Å². The SMILES string of the molecule is CC(C)S(=O)(=O)c1ccc(CC(=O)Nc2nc3ccc(S(N)(=O)=O)cc3s2)cc1. The molecule has 0 aliphatic heterocycles. The number of fused-ring (bicyclic) bond motifs is 1. The Balaban J connectivity index is 1.72. The van der Waals surface area contributed by atoms with Gasteiger partial charge in [0.05, 0.1) is 31.7 Å². The van der Waals surface area contributed by atoms with Crippen LogP contribution in [0, 0.1) is 0 Å². The van der Waals surface area contributed by atoms with E-state index in [-0.39, 0.29) is 22.1 Å². The topological polar surface area (TPSA) is 136 Å². The number of thiazole rings is 1. The van der Waals surface area contributed by atoms with Crippen molar-refractivity contribution in [2.75, 3.05) is 5.32 Å². The second-order valence-electron chi connectivity index (χ2n) is 6.66. The molecule has 3 N–H and O–H groups in total. The van der Waals surface area contributed by atoms with Crippen molar-refractivity contribution in [3.63, 3.8) is 0 Å². The molecule has 0 spiro atoms. The Kier molecular flexibility index (Phi) is 5.77. The normalized spacial score (nSPS) is 12.4. The molecule has 0 unspecified atom stereocenters. The van der Waals surface area contributed by atoms with Crippen LogP contribution in [0.15, 0.2) is 52.3 Å². The van der Waals surface area contributed by atoms with Crippen LogP contribution >= 0.6 is 11.3 Å². The van der Waals surface area contributed by atoms with Crippen LogP contribution in [0.5, 0.6) is 0 Å². The number of anilines is 1. The highest BCUT2D eigenvalue weighted by molar-refractivity contribution is 7.92. The lowest BCUT2D eigenvalue weighted by molar-refractivity contribution is -0.115. The van der Waals surface area contributed by atoms with E-state index in [1.165, 1.54) is 30.3 Å². The molecule has 8 nitrogen and oxygen atoms in total. The first-order chi connectivity index (χ1) is 13.5. The van der Waals surface area contributed by atoms with Crippen LogP contribution in [0.3, 0.4) is 0 Å². The maximum Gasteiger partial charge on any atom is 0.238 e. The fourth-order valence-electron chi connectivity index (χ4n) is 2.55. The Labute approximate surface area is 172 Å². The van der Waals surface area contributed by atoms with Crippen molar-refractivity contribution in [2.24, 2.45) is 5.14 Å². The zero-order valence-corrected chi connectivity index (χ0v) is 18.1. The minimum atomic E-state index is -3.82. The Hall–Kier alpha value is -2.34. The van der Waals surface area contributed by atoms with Crippen LogP contribution in [-0.4, -0.2) is 33.0 Å². The summed E-state index contributed by atoms with van der Waals surface area (Å²) in [6.07, 6.45) is 0.0420. The van der Waals surface area contributed by atoms with E-state index < -0.39 is 25.1 Å². The van der Waals surface area contributed by atoms with Gasteiger partial charge < -0.3 is 5.32 Å². The largest absolute Gasteiger partial charge is 0.302 e. The summed E-state index contributed by atoms with van der Waals surface area (Å²) in [5.41, 5.74) is 1.20. The summed E-state index contributed by atoms with van der Waals surface area (Å²) in [4.78, 5) is 16.7. The zero-order valence-electron chi connectivity index (χ0n) is 15.6. The molecule has 0 saturated heterocycles. The Morgan fingerprint density at radius 3 is 2.28 bits per heavy atom. The van der Waals surface area contributed by atoms with Gasteiger partial charge in [-0.15, -0.1) is 0 Å². The van der Waals surface area contributed by atoms with Gasteiger partial charge in [0.1, 0.15) is 0 Å². The second-order valence-corrected chi connectivity index (χ2v) is 11.8. The molecule has 0 radical (unpaired) electrons. The molecule has 1 amide bonds. The molecule has 0 saturated carbocycles. The Bertz CT molecular complexity index is 1280. The summed E-state index contributed by atoms with van der Waals surface area (Å²) >= 11 is 1.13. The van der Waals surface area contributed by atoms with Crippen LogP contribution in [0.2, 0.25) is 0 Å². The van der Waals surface area contributed by atoms with Gasteiger partial charge >= 0.3 is 0 Å². The van der Waals surface area contributed by atoms with Gasteiger partial charge in [-0.05, 0) is 49.7 Å². The number of nitrogens with two attached hydrogens (primary N) is 1. The summed E-state index contributed by atoms with van der Waals surface area (Å²) in [5, 5.41) is 7.60. The summed E-state index contributed by atoms with van der Waals surface area (Å²) in [6.45, 7) is 3.22. The lowest BCUT2D eigenvalue weighted by Gasteiger charge is -2.08. The third kappa shape index (κ3) is 4.81. The number of primary sulfonamides is 1. The fourth-order valence-corrected chi connectivity index (χ4v) is 5.15. The molecular weight excluding hydrogens is 434 g/mol. The van der Waals surface area contributed by atoms with Gasteiger partial charge in [-0.3, -0.25) is 4.79 Å². The van der Waals surface area contributed by atoms with Crippen molar-refractivity contribution in [2.45, 2.75) is 35.3 Å². The Morgan fingerprint density at radius 1 is 1.07 bits per heavy atom. The molecular formula is C18H19N3O5S3. The van der Waals surface area contributed by atoms with Gasteiger partial charge in [-0.25, -0.2) is 27.0 Å². The van der Waals surface area contributed by atoms with Gasteiger partial charge in [-0.1, -0.05) is 23.5 Å². The summed E-state index contributed by atoms with van der Waals surface area (Å²) in [7, 11) is -7.18. The number of benzene rings is 2. The van der Waals surface area contributed by atoms with E-state index in [9.17, 15) is 21.6 Å². The monoisotopic (exact) mass is 453 g/mol. The van der Waals surface area contributed by atoms with Gasteiger partial charge in [-0.2, -0.15) is 0 Å². The van der Waals surface area contributed by atoms with Crippen molar-refractivity contribution >= 4 is 52.5 Å². The van der Waals surface area contributed by atoms with E-state index in [0.717, 1.165) is 11.3 Å². The lowest BCUT2D eigenvalue weighted by atomic mass is 10.1. The third-order valence-electron chi connectivity index (χ3n) is 4.17. The van der Waals surface area contributed by atoms with Gasteiger partial charge in [0.15, 0.2) is 15.0 Å². The average Bonchev–Trinajstić information content (AvgIpc) is 3.02. The number of hydrogen-bond acceptors (Lipinski definition) is 7. The number of carbonyl (C=O) groups excluding carboxylic acids is 1. The van der Waals surface area contributed by atoms with Gasteiger partial charge in [0.2, 0.25) is 15.9 Å². The van der Waals surface area contributed by atoms with E-state index in [0.29, 0.717) is 20.9 Å². The molecule has 0 fully saturated rings. The van der Waals surface area contributed by atoms with Crippen molar-refractivity contribution in [1.29, 1.82) is 0 Å². The number of rotatable bonds is 6. The van der Waals surface area contributed by atoms with Crippen LogP contribution in [0.4, 0.5) is 5.13 Å². The number of aromatic nitrogens is 1. The van der Waals surface area contributed by atoms with Gasteiger partial charge in [0.25, 0.3) is 0 Å². The second kappa shape index (κ2) is 7.82. The molecule has 2 aromatic carbocycles. The molecule has 154 valence electrons. The summed E-state index contributed by atoms with van der Waals surface area (Å²) in [6, 6.07) is 10.5. The summed E-state index contributed by atoms with van der Waals surface area (Å²) in [5.74, 6) is -0.324. The maximum absolute atomic E-state index is 12.3. The molecule has 3 aromatic rings. The van der Waals surface area contributed by atoms with Crippen molar-refractivity contribution in [1.82, 2.24) is 4.98 Å². The molecule has 3 rings (SSSR count). The zero-order chi connectivity index (χ0) is 21.4. The van der Waals surface area contributed by atoms with Gasteiger partial charge in [0, 0.05) is 0 Å². The number of sulfonamides is 1. The summed E-state index contributed by atoms with van der Waals surface area (Å²) < 4.78 is 47.8. The predicted octanol–water partition coefficient (Wildman–Crippen LogP) is 2.31. The van der Waals surface area contributed by atoms with E-state index >= 15 is 0 Å². The molecule has 0 aliphatic rings.